The minimum absolute atomic E-state index is 0.0659. The fraction of sp³-hybridized carbons (Fsp3) is 0.0909. The van der Waals surface area contributed by atoms with E-state index in [0.29, 0.717) is 10.9 Å². The number of hydrogen-bond acceptors (Lipinski definition) is 4. The van der Waals surface area contributed by atoms with Crippen LogP contribution in [0.25, 0.3) is 10.9 Å². The Morgan fingerprint density at radius 2 is 2.06 bits per heavy atom. The summed E-state index contributed by atoms with van der Waals surface area (Å²) in [6.07, 6.45) is 1.43. The molecule has 0 aliphatic rings. The van der Waals surface area contributed by atoms with E-state index in [0.717, 1.165) is 0 Å². The fourth-order valence-electron chi connectivity index (χ4n) is 1.78. The molecule has 0 bridgehead atoms. The number of carbonyl (C=O) groups is 2. The van der Waals surface area contributed by atoms with Crippen molar-refractivity contribution < 1.29 is 14.5 Å². The highest BCUT2D eigenvalue weighted by atomic mass is 35.5. The van der Waals surface area contributed by atoms with Crippen molar-refractivity contribution in [2.24, 2.45) is 7.05 Å². The molecular formula is C11H7ClN2O4. The Balaban J connectivity index is 2.74. The van der Waals surface area contributed by atoms with Crippen LogP contribution in [0.1, 0.15) is 10.4 Å². The molecule has 18 heavy (non-hydrogen) atoms. The maximum Gasteiger partial charge on any atom is 0.293 e. The summed E-state index contributed by atoms with van der Waals surface area (Å²) < 4.78 is 1.60. The molecule has 7 heteroatoms. The third kappa shape index (κ3) is 1.86. The van der Waals surface area contributed by atoms with Crippen LogP contribution in [-0.2, 0) is 11.8 Å². The Morgan fingerprint density at radius 3 is 2.61 bits per heavy atom. The van der Waals surface area contributed by atoms with Gasteiger partial charge in [0.15, 0.2) is 0 Å². The first kappa shape index (κ1) is 12.3. The monoisotopic (exact) mass is 266 g/mol. The molecule has 0 aliphatic heterocycles. The number of nitro benzene ring substituents is 1. The highest BCUT2D eigenvalue weighted by Crippen LogP contribution is 2.26. The van der Waals surface area contributed by atoms with Crippen LogP contribution in [0, 0.1) is 10.1 Å². The zero-order valence-corrected chi connectivity index (χ0v) is 9.97. The first-order chi connectivity index (χ1) is 8.41. The van der Waals surface area contributed by atoms with Crippen molar-refractivity contribution in [1.82, 2.24) is 4.57 Å². The number of benzene rings is 1. The molecule has 0 aliphatic carbocycles. The number of hydrogen-bond donors (Lipinski definition) is 0. The lowest BCUT2D eigenvalue weighted by molar-refractivity contribution is -0.384. The van der Waals surface area contributed by atoms with Gasteiger partial charge in [0, 0.05) is 36.3 Å². The summed E-state index contributed by atoms with van der Waals surface area (Å²) in [7, 11) is 1.67. The predicted octanol–water partition coefficient (Wildman–Crippen LogP) is 2.03. The van der Waals surface area contributed by atoms with Gasteiger partial charge < -0.3 is 4.57 Å². The number of halogens is 1. The normalized spacial score (nSPS) is 10.6. The number of rotatable bonds is 3. The summed E-state index contributed by atoms with van der Waals surface area (Å²) in [6.45, 7) is 0. The Bertz CT molecular complexity index is 690. The van der Waals surface area contributed by atoms with E-state index in [4.69, 9.17) is 11.6 Å². The zero-order valence-electron chi connectivity index (χ0n) is 9.21. The molecule has 0 radical (unpaired) electrons. The van der Waals surface area contributed by atoms with Crippen LogP contribution in [0.3, 0.4) is 0 Å². The van der Waals surface area contributed by atoms with Gasteiger partial charge in [-0.05, 0) is 17.7 Å². The summed E-state index contributed by atoms with van der Waals surface area (Å²) in [4.78, 5) is 32.6. The molecule has 0 saturated heterocycles. The Hall–Kier alpha value is -2.21. The van der Waals surface area contributed by atoms with Crippen molar-refractivity contribution in [3.63, 3.8) is 0 Å². The maximum atomic E-state index is 11.6. The Labute approximate surface area is 106 Å². The number of aryl methyl sites for hydroxylation is 1. The van der Waals surface area contributed by atoms with Crippen molar-refractivity contribution in [1.29, 1.82) is 0 Å². The number of nitro groups is 1. The fourth-order valence-corrected chi connectivity index (χ4v) is 1.88. The summed E-state index contributed by atoms with van der Waals surface area (Å²) >= 11 is 5.14. The largest absolute Gasteiger partial charge is 0.350 e. The molecule has 2 rings (SSSR count). The number of Topliss-reactive ketones (excluding diaryl/α,β-unsaturated/α-hetero) is 1. The first-order valence-corrected chi connectivity index (χ1v) is 5.27. The van der Waals surface area contributed by atoms with E-state index >= 15 is 0 Å². The lowest BCUT2D eigenvalue weighted by Gasteiger charge is -1.96. The van der Waals surface area contributed by atoms with Gasteiger partial charge in [0.1, 0.15) is 0 Å². The molecule has 1 heterocycles. The van der Waals surface area contributed by atoms with Gasteiger partial charge in [0.2, 0.25) is 5.78 Å². The van der Waals surface area contributed by atoms with E-state index in [1.165, 1.54) is 24.4 Å². The number of non-ortho nitro benzene ring substituents is 1. The average Bonchev–Trinajstić information content (AvgIpc) is 2.65. The molecule has 1 aromatic heterocycles. The number of aromatic nitrogens is 1. The minimum Gasteiger partial charge on any atom is -0.350 e. The minimum atomic E-state index is -1.12. The summed E-state index contributed by atoms with van der Waals surface area (Å²) in [5.41, 5.74) is 0.530. The molecule has 0 saturated carbocycles. The zero-order chi connectivity index (χ0) is 13.4. The molecule has 0 fully saturated rings. The van der Waals surface area contributed by atoms with Crippen LogP contribution in [0.5, 0.6) is 0 Å². The van der Waals surface area contributed by atoms with Crippen LogP contribution in [0.4, 0.5) is 5.69 Å². The van der Waals surface area contributed by atoms with E-state index < -0.39 is 15.9 Å². The first-order valence-electron chi connectivity index (χ1n) is 4.89. The van der Waals surface area contributed by atoms with E-state index in [2.05, 4.69) is 0 Å². The van der Waals surface area contributed by atoms with Gasteiger partial charge in [-0.15, -0.1) is 0 Å². The molecule has 0 N–H and O–H groups in total. The molecule has 0 amide bonds. The standard InChI is InChI=1S/C11H7ClN2O4/c1-13-5-8(10(15)11(12)16)7-4-6(14(17)18)2-3-9(7)13/h2-5H,1H3. The highest BCUT2D eigenvalue weighted by Gasteiger charge is 2.20. The lowest BCUT2D eigenvalue weighted by Crippen LogP contribution is -2.06. The predicted molar refractivity (Wildman–Crippen MR) is 64.8 cm³/mol. The van der Waals surface area contributed by atoms with Crippen molar-refractivity contribution in [2.75, 3.05) is 0 Å². The van der Waals surface area contributed by atoms with Crippen molar-refractivity contribution >= 4 is 39.2 Å². The van der Waals surface area contributed by atoms with Crippen molar-refractivity contribution in [3.05, 3.63) is 40.1 Å². The molecular weight excluding hydrogens is 260 g/mol. The molecule has 6 nitrogen and oxygen atoms in total. The van der Waals surface area contributed by atoms with E-state index in [-0.39, 0.29) is 11.3 Å². The number of carbonyl (C=O) groups excluding carboxylic acids is 2. The summed E-state index contributed by atoms with van der Waals surface area (Å²) in [5.74, 6) is -0.872. The SMILES string of the molecule is Cn1cc(C(=O)C(=O)Cl)c2cc([N+](=O)[O-])ccc21. The van der Waals surface area contributed by atoms with Crippen molar-refractivity contribution in [3.8, 4) is 0 Å². The average molecular weight is 267 g/mol. The quantitative estimate of drug-likeness (QED) is 0.280. The molecule has 0 spiro atoms. The van der Waals surface area contributed by atoms with Crippen molar-refractivity contribution in [2.45, 2.75) is 0 Å². The molecule has 92 valence electrons. The third-order valence-corrected chi connectivity index (χ3v) is 2.78. The van der Waals surface area contributed by atoms with E-state index in [1.54, 1.807) is 11.6 Å². The van der Waals surface area contributed by atoms with Crippen LogP contribution in [-0.4, -0.2) is 20.5 Å². The van der Waals surface area contributed by atoms with Gasteiger partial charge in [-0.25, -0.2) is 0 Å². The summed E-state index contributed by atoms with van der Waals surface area (Å²) in [6, 6.07) is 4.10. The second kappa shape index (κ2) is 4.23. The second-order valence-corrected chi connectivity index (χ2v) is 4.06. The smallest absolute Gasteiger partial charge is 0.293 e. The van der Waals surface area contributed by atoms with E-state index in [9.17, 15) is 19.7 Å². The van der Waals surface area contributed by atoms with E-state index in [1.807, 2.05) is 0 Å². The molecule has 0 atom stereocenters. The van der Waals surface area contributed by atoms with Gasteiger partial charge in [0.25, 0.3) is 10.9 Å². The molecule has 2 aromatic rings. The van der Waals surface area contributed by atoms with Gasteiger partial charge in [-0.1, -0.05) is 0 Å². The Morgan fingerprint density at radius 1 is 1.39 bits per heavy atom. The van der Waals surface area contributed by atoms with Crippen LogP contribution >= 0.6 is 11.6 Å². The topological polar surface area (TPSA) is 82.2 Å². The lowest BCUT2D eigenvalue weighted by atomic mass is 10.1. The van der Waals surface area contributed by atoms with Crippen LogP contribution in [0.2, 0.25) is 0 Å². The highest BCUT2D eigenvalue weighted by molar-refractivity contribution is 6.83. The number of ketones is 1. The van der Waals surface area contributed by atoms with Gasteiger partial charge >= 0.3 is 0 Å². The van der Waals surface area contributed by atoms with Gasteiger partial charge in [-0.2, -0.15) is 0 Å². The van der Waals surface area contributed by atoms with Crippen LogP contribution in [0.15, 0.2) is 24.4 Å². The number of nitrogens with zero attached hydrogens (tertiary/aromatic N) is 2. The summed E-state index contributed by atoms with van der Waals surface area (Å²) in [5, 5.41) is 9.91. The molecule has 0 unspecified atom stereocenters. The number of fused-ring (bicyclic) bond motifs is 1. The van der Waals surface area contributed by atoms with Gasteiger partial charge in [0.05, 0.1) is 10.5 Å². The molecule has 1 aromatic carbocycles. The Kier molecular flexibility index (Phi) is 2.88. The third-order valence-electron chi connectivity index (χ3n) is 2.61. The maximum absolute atomic E-state index is 11.6. The van der Waals surface area contributed by atoms with Gasteiger partial charge in [-0.3, -0.25) is 19.7 Å². The van der Waals surface area contributed by atoms with Crippen LogP contribution < -0.4 is 0 Å². The second-order valence-electron chi connectivity index (χ2n) is 3.72.